The number of hydrogen-bond acceptors (Lipinski definition) is 3. The van der Waals surface area contributed by atoms with Crippen molar-refractivity contribution in [2.45, 2.75) is 13.1 Å². The van der Waals surface area contributed by atoms with Gasteiger partial charge in [-0.1, -0.05) is 36.4 Å². The maximum absolute atomic E-state index is 9.59. The van der Waals surface area contributed by atoms with Crippen LogP contribution in [-0.4, -0.2) is 10.2 Å². The predicted octanol–water partition coefficient (Wildman–Crippen LogP) is 2.39. The van der Waals surface area contributed by atoms with Gasteiger partial charge in [0.05, 0.1) is 0 Å². The van der Waals surface area contributed by atoms with E-state index in [1.165, 1.54) is 5.56 Å². The summed E-state index contributed by atoms with van der Waals surface area (Å²) in [6.07, 6.45) is 0. The number of benzene rings is 2. The van der Waals surface area contributed by atoms with Crippen molar-refractivity contribution in [2.24, 2.45) is 0 Å². The molecule has 0 amide bonds. The van der Waals surface area contributed by atoms with E-state index in [2.05, 4.69) is 5.32 Å². The monoisotopic (exact) mass is 229 g/mol. The summed E-state index contributed by atoms with van der Waals surface area (Å²) in [7, 11) is 0. The Balaban J connectivity index is 1.95. The molecule has 0 saturated carbocycles. The molecule has 0 aliphatic heterocycles. The second-order valence-electron chi connectivity index (χ2n) is 3.86. The molecule has 17 heavy (non-hydrogen) atoms. The Morgan fingerprint density at radius 2 is 1.41 bits per heavy atom. The minimum atomic E-state index is 0.116. The predicted molar refractivity (Wildman–Crippen MR) is 66.8 cm³/mol. The molecular formula is C14H15NO2. The van der Waals surface area contributed by atoms with Crippen molar-refractivity contribution < 1.29 is 10.2 Å². The third kappa shape index (κ3) is 2.98. The zero-order chi connectivity index (χ0) is 12.1. The summed E-state index contributed by atoms with van der Waals surface area (Å²) in [6.45, 7) is 1.14. The summed E-state index contributed by atoms with van der Waals surface area (Å²) in [5.41, 5.74) is 1.70. The van der Waals surface area contributed by atoms with Gasteiger partial charge in [0.2, 0.25) is 0 Å². The highest BCUT2D eigenvalue weighted by molar-refractivity contribution is 5.42. The molecule has 0 saturated heterocycles. The molecule has 0 aliphatic rings. The summed E-state index contributed by atoms with van der Waals surface area (Å²) in [6, 6.07) is 14.7. The van der Waals surface area contributed by atoms with Crippen LogP contribution in [0.15, 0.2) is 48.5 Å². The fourth-order valence-electron chi connectivity index (χ4n) is 1.67. The molecule has 3 N–H and O–H groups in total. The third-order valence-corrected chi connectivity index (χ3v) is 2.60. The van der Waals surface area contributed by atoms with E-state index >= 15 is 0 Å². The summed E-state index contributed by atoms with van der Waals surface area (Å²) in [5.74, 6) is 0.233. The van der Waals surface area contributed by atoms with Crippen LogP contribution in [0.5, 0.6) is 11.5 Å². The molecule has 3 nitrogen and oxygen atoms in total. The van der Waals surface area contributed by atoms with Crippen LogP contribution in [-0.2, 0) is 13.1 Å². The van der Waals surface area contributed by atoms with Gasteiger partial charge in [0.1, 0.15) is 11.5 Å². The molecule has 2 aromatic carbocycles. The minimum Gasteiger partial charge on any atom is -0.507 e. The first-order chi connectivity index (χ1) is 8.27. The zero-order valence-electron chi connectivity index (χ0n) is 9.43. The standard InChI is InChI=1S/C14H15NO2/c16-13-7-4-8-14(17)12(13)10-15-9-11-5-2-1-3-6-11/h1-8,15-17H,9-10H2. The number of hydrogen-bond donors (Lipinski definition) is 3. The van der Waals surface area contributed by atoms with Crippen molar-refractivity contribution in [3.8, 4) is 11.5 Å². The Morgan fingerprint density at radius 3 is 2.06 bits per heavy atom. The van der Waals surface area contributed by atoms with E-state index < -0.39 is 0 Å². The van der Waals surface area contributed by atoms with E-state index in [4.69, 9.17) is 0 Å². The molecule has 0 aromatic heterocycles. The molecule has 0 aliphatic carbocycles. The first kappa shape index (κ1) is 11.5. The molecule has 0 atom stereocenters. The van der Waals surface area contributed by atoms with Crippen molar-refractivity contribution in [3.05, 3.63) is 59.7 Å². The fraction of sp³-hybridized carbons (Fsp3) is 0.143. The Kier molecular flexibility index (Phi) is 3.62. The van der Waals surface area contributed by atoms with Gasteiger partial charge in [-0.25, -0.2) is 0 Å². The Labute approximate surface area is 100 Å². The lowest BCUT2D eigenvalue weighted by Crippen LogP contribution is -2.12. The topological polar surface area (TPSA) is 52.5 Å². The lowest BCUT2D eigenvalue weighted by atomic mass is 10.1. The van der Waals surface area contributed by atoms with Crippen LogP contribution in [0.3, 0.4) is 0 Å². The molecular weight excluding hydrogens is 214 g/mol. The third-order valence-electron chi connectivity index (χ3n) is 2.60. The lowest BCUT2D eigenvalue weighted by Gasteiger charge is -2.08. The van der Waals surface area contributed by atoms with Crippen LogP contribution in [0.4, 0.5) is 0 Å². The molecule has 0 heterocycles. The van der Waals surface area contributed by atoms with Gasteiger partial charge in [-0.3, -0.25) is 0 Å². The second-order valence-corrected chi connectivity index (χ2v) is 3.86. The van der Waals surface area contributed by atoms with Crippen LogP contribution < -0.4 is 5.32 Å². The van der Waals surface area contributed by atoms with E-state index in [-0.39, 0.29) is 11.5 Å². The summed E-state index contributed by atoms with van der Waals surface area (Å²) < 4.78 is 0. The smallest absolute Gasteiger partial charge is 0.123 e. The van der Waals surface area contributed by atoms with Crippen molar-refractivity contribution in [1.29, 1.82) is 0 Å². The fourth-order valence-corrected chi connectivity index (χ4v) is 1.67. The quantitative estimate of drug-likeness (QED) is 0.754. The molecule has 0 spiro atoms. The van der Waals surface area contributed by atoms with Crippen LogP contribution >= 0.6 is 0 Å². The highest BCUT2D eigenvalue weighted by Crippen LogP contribution is 2.25. The molecule has 0 unspecified atom stereocenters. The van der Waals surface area contributed by atoms with E-state index in [1.807, 2.05) is 30.3 Å². The second kappa shape index (κ2) is 5.37. The van der Waals surface area contributed by atoms with Gasteiger partial charge in [-0.05, 0) is 17.7 Å². The van der Waals surface area contributed by atoms with Gasteiger partial charge >= 0.3 is 0 Å². The first-order valence-electron chi connectivity index (χ1n) is 5.52. The van der Waals surface area contributed by atoms with E-state index in [9.17, 15) is 10.2 Å². The van der Waals surface area contributed by atoms with Gasteiger partial charge in [-0.15, -0.1) is 0 Å². The van der Waals surface area contributed by atoms with Gasteiger partial charge in [-0.2, -0.15) is 0 Å². The summed E-state index contributed by atoms with van der Waals surface area (Å²) >= 11 is 0. The van der Waals surface area contributed by atoms with E-state index in [0.29, 0.717) is 18.7 Å². The molecule has 2 rings (SSSR count). The summed E-state index contributed by atoms with van der Waals surface area (Å²) in [5, 5.41) is 22.4. The number of rotatable bonds is 4. The van der Waals surface area contributed by atoms with Crippen molar-refractivity contribution in [1.82, 2.24) is 5.32 Å². The minimum absolute atomic E-state index is 0.116. The molecule has 0 fully saturated rings. The largest absolute Gasteiger partial charge is 0.507 e. The Hall–Kier alpha value is -2.00. The SMILES string of the molecule is Oc1cccc(O)c1CNCc1ccccc1. The molecule has 0 radical (unpaired) electrons. The highest BCUT2D eigenvalue weighted by atomic mass is 16.3. The van der Waals surface area contributed by atoms with Crippen LogP contribution in [0.25, 0.3) is 0 Å². The maximum Gasteiger partial charge on any atom is 0.123 e. The molecule has 88 valence electrons. The average Bonchev–Trinajstić information content (AvgIpc) is 2.34. The Morgan fingerprint density at radius 1 is 0.765 bits per heavy atom. The van der Waals surface area contributed by atoms with Gasteiger partial charge in [0, 0.05) is 18.7 Å². The number of nitrogens with one attached hydrogen (secondary N) is 1. The number of phenolic OH excluding ortho intramolecular Hbond substituents is 2. The zero-order valence-corrected chi connectivity index (χ0v) is 9.43. The first-order valence-corrected chi connectivity index (χ1v) is 5.52. The summed E-state index contributed by atoms with van der Waals surface area (Å²) in [4.78, 5) is 0. The number of phenols is 2. The average molecular weight is 229 g/mol. The van der Waals surface area contributed by atoms with Crippen LogP contribution in [0.2, 0.25) is 0 Å². The molecule has 0 bridgehead atoms. The lowest BCUT2D eigenvalue weighted by molar-refractivity contribution is 0.433. The van der Waals surface area contributed by atoms with Gasteiger partial charge in [0.15, 0.2) is 0 Å². The highest BCUT2D eigenvalue weighted by Gasteiger charge is 2.05. The number of aromatic hydroxyl groups is 2. The van der Waals surface area contributed by atoms with Crippen LogP contribution in [0.1, 0.15) is 11.1 Å². The van der Waals surface area contributed by atoms with Crippen molar-refractivity contribution in [3.63, 3.8) is 0 Å². The van der Waals surface area contributed by atoms with E-state index in [0.717, 1.165) is 0 Å². The van der Waals surface area contributed by atoms with Crippen molar-refractivity contribution in [2.75, 3.05) is 0 Å². The normalized spacial score (nSPS) is 10.4. The Bertz CT molecular complexity index is 463. The van der Waals surface area contributed by atoms with Crippen LogP contribution in [0, 0.1) is 0 Å². The molecule has 3 heteroatoms. The molecule has 2 aromatic rings. The van der Waals surface area contributed by atoms with Gasteiger partial charge in [0.25, 0.3) is 0 Å². The van der Waals surface area contributed by atoms with Crippen molar-refractivity contribution >= 4 is 0 Å². The van der Waals surface area contributed by atoms with E-state index in [1.54, 1.807) is 18.2 Å². The van der Waals surface area contributed by atoms with Gasteiger partial charge < -0.3 is 15.5 Å². The maximum atomic E-state index is 9.59.